The van der Waals surface area contributed by atoms with Gasteiger partial charge in [-0.25, -0.2) is 0 Å². The van der Waals surface area contributed by atoms with Gasteiger partial charge in [-0.2, -0.15) is 0 Å². The Morgan fingerprint density at radius 1 is 1.00 bits per heavy atom. The normalized spacial score (nSPS) is 31.8. The molecule has 0 aromatic carbocycles. The molecule has 0 N–H and O–H groups in total. The van der Waals surface area contributed by atoms with Crippen molar-refractivity contribution in [3.05, 3.63) is 11.6 Å². The van der Waals surface area contributed by atoms with Crippen LogP contribution in [0.1, 0.15) is 82.1 Å². The highest BCUT2D eigenvalue weighted by atomic mass is 16.7. The van der Waals surface area contributed by atoms with Crippen LogP contribution in [-0.2, 0) is 9.47 Å². The second-order valence-electron chi connectivity index (χ2n) is 9.50. The number of ether oxygens (including phenoxy) is 2. The van der Waals surface area contributed by atoms with Crippen molar-refractivity contribution in [2.75, 3.05) is 6.61 Å². The zero-order valence-corrected chi connectivity index (χ0v) is 19.2. The van der Waals surface area contributed by atoms with Crippen molar-refractivity contribution in [3.63, 3.8) is 0 Å². The molecular formula is C24H46O2. The van der Waals surface area contributed by atoms with Gasteiger partial charge >= 0.3 is 0 Å². The average molecular weight is 367 g/mol. The molecule has 1 unspecified atom stereocenters. The van der Waals surface area contributed by atoms with Crippen LogP contribution in [0.5, 0.6) is 0 Å². The monoisotopic (exact) mass is 366 g/mol. The molecule has 1 fully saturated rings. The Morgan fingerprint density at radius 3 is 2.19 bits per heavy atom. The maximum Gasteiger partial charge on any atom is 0.155 e. The lowest BCUT2D eigenvalue weighted by atomic mass is 9.75. The van der Waals surface area contributed by atoms with Gasteiger partial charge in [-0.15, -0.1) is 0 Å². The maximum atomic E-state index is 6.13. The molecule has 9 atom stereocenters. The summed E-state index contributed by atoms with van der Waals surface area (Å²) in [5, 5.41) is 0. The van der Waals surface area contributed by atoms with Crippen LogP contribution in [0, 0.1) is 41.4 Å². The molecule has 1 heterocycles. The van der Waals surface area contributed by atoms with Gasteiger partial charge in [-0.05, 0) is 55.8 Å². The van der Waals surface area contributed by atoms with Crippen molar-refractivity contribution < 1.29 is 9.47 Å². The summed E-state index contributed by atoms with van der Waals surface area (Å²) in [5.41, 5.74) is 1.55. The summed E-state index contributed by atoms with van der Waals surface area (Å²) in [6, 6.07) is 0. The topological polar surface area (TPSA) is 18.5 Å². The molecule has 0 radical (unpaired) electrons. The molecule has 1 saturated heterocycles. The van der Waals surface area contributed by atoms with Crippen molar-refractivity contribution >= 4 is 0 Å². The molecule has 1 aliphatic heterocycles. The van der Waals surface area contributed by atoms with Crippen molar-refractivity contribution in [1.29, 1.82) is 0 Å². The molecule has 0 amide bonds. The van der Waals surface area contributed by atoms with Crippen LogP contribution in [0.4, 0.5) is 0 Å². The van der Waals surface area contributed by atoms with Gasteiger partial charge in [0.2, 0.25) is 0 Å². The molecular weight excluding hydrogens is 320 g/mol. The fourth-order valence-electron chi connectivity index (χ4n) is 4.49. The fourth-order valence-corrected chi connectivity index (χ4v) is 4.49. The predicted molar refractivity (Wildman–Crippen MR) is 113 cm³/mol. The van der Waals surface area contributed by atoms with E-state index in [2.05, 4.69) is 68.4 Å². The summed E-state index contributed by atoms with van der Waals surface area (Å²) in [7, 11) is 0. The zero-order valence-electron chi connectivity index (χ0n) is 19.2. The van der Waals surface area contributed by atoms with E-state index in [1.165, 1.54) is 12.8 Å². The van der Waals surface area contributed by atoms with E-state index in [1.54, 1.807) is 5.57 Å². The Hall–Kier alpha value is -0.340. The van der Waals surface area contributed by atoms with Crippen LogP contribution in [0.2, 0.25) is 0 Å². The molecule has 0 bridgehead atoms. The Labute approximate surface area is 164 Å². The summed E-state index contributed by atoms with van der Waals surface area (Å²) in [6.07, 6.45) is 5.23. The van der Waals surface area contributed by atoms with Gasteiger partial charge in [-0.1, -0.05) is 73.5 Å². The number of hydrogen-bond donors (Lipinski definition) is 0. The molecule has 154 valence electrons. The first-order valence-corrected chi connectivity index (χ1v) is 11.0. The summed E-state index contributed by atoms with van der Waals surface area (Å²) < 4.78 is 11.8. The van der Waals surface area contributed by atoms with E-state index >= 15 is 0 Å². The van der Waals surface area contributed by atoms with Crippen LogP contribution in [0.15, 0.2) is 11.6 Å². The molecule has 0 saturated carbocycles. The number of allylic oxidation sites excluding steroid dienone is 2. The molecule has 0 spiro atoms. The Kier molecular flexibility index (Phi) is 9.90. The van der Waals surface area contributed by atoms with Gasteiger partial charge in [-0.3, -0.25) is 0 Å². The van der Waals surface area contributed by atoms with E-state index in [-0.39, 0.29) is 6.29 Å². The minimum absolute atomic E-state index is 0.0642. The molecule has 2 nitrogen and oxygen atoms in total. The summed E-state index contributed by atoms with van der Waals surface area (Å²) in [5.74, 6) is 4.53. The molecule has 1 aliphatic rings. The molecule has 2 heteroatoms. The summed E-state index contributed by atoms with van der Waals surface area (Å²) >= 11 is 0. The van der Waals surface area contributed by atoms with Crippen molar-refractivity contribution in [1.82, 2.24) is 0 Å². The van der Waals surface area contributed by atoms with Gasteiger partial charge in [0.1, 0.15) is 0 Å². The highest BCUT2D eigenvalue weighted by Crippen LogP contribution is 2.35. The number of hydrogen-bond acceptors (Lipinski definition) is 2. The van der Waals surface area contributed by atoms with Crippen LogP contribution >= 0.6 is 0 Å². The van der Waals surface area contributed by atoms with Crippen LogP contribution < -0.4 is 0 Å². The summed E-state index contributed by atoms with van der Waals surface area (Å²) in [4.78, 5) is 0. The lowest BCUT2D eigenvalue weighted by Gasteiger charge is -2.40. The van der Waals surface area contributed by atoms with Gasteiger partial charge in [0, 0.05) is 5.92 Å². The zero-order chi connectivity index (χ0) is 20.0. The highest BCUT2D eigenvalue weighted by Gasteiger charge is 2.35. The van der Waals surface area contributed by atoms with Crippen LogP contribution in [-0.4, -0.2) is 19.0 Å². The van der Waals surface area contributed by atoms with E-state index in [4.69, 9.17) is 9.47 Å². The van der Waals surface area contributed by atoms with Crippen LogP contribution in [0.3, 0.4) is 0 Å². The minimum atomic E-state index is -0.0642. The first-order chi connectivity index (χ1) is 12.1. The quantitative estimate of drug-likeness (QED) is 0.411. The lowest BCUT2D eigenvalue weighted by Crippen LogP contribution is -2.43. The highest BCUT2D eigenvalue weighted by molar-refractivity contribution is 5.03. The average Bonchev–Trinajstić information content (AvgIpc) is 2.60. The first kappa shape index (κ1) is 23.7. The molecule has 0 aromatic rings. The van der Waals surface area contributed by atoms with E-state index < -0.39 is 0 Å². The third-order valence-corrected chi connectivity index (χ3v) is 7.31. The summed E-state index contributed by atoms with van der Waals surface area (Å²) in [6.45, 7) is 24.1. The molecule has 0 aromatic heterocycles. The largest absolute Gasteiger partial charge is 0.353 e. The fraction of sp³-hybridized carbons (Fsp3) is 0.917. The van der Waals surface area contributed by atoms with Gasteiger partial charge < -0.3 is 9.47 Å². The molecule has 26 heavy (non-hydrogen) atoms. The predicted octanol–water partition coefficient (Wildman–Crippen LogP) is 6.95. The van der Waals surface area contributed by atoms with E-state index in [1.807, 2.05) is 6.92 Å². The van der Waals surface area contributed by atoms with Gasteiger partial charge in [0.25, 0.3) is 0 Å². The standard InChI is InChI=1S/C24H46O2/c1-11-16(3)20(7)17(4)12-15(2)13-18(5)21(8)22(9)24-19(6)14-25-23(10)26-24/h12,16-24H,11,13-14H2,1-10H3/b15-12-/t16-,17-,18-,19?,20-,21+,22-,23-,24-/m1/s1. The second-order valence-corrected chi connectivity index (χ2v) is 9.50. The third-order valence-electron chi connectivity index (χ3n) is 7.31. The number of rotatable bonds is 9. The SMILES string of the molecule is CC[C@@H](C)[C@@H](C)[C@H](C)/C=C(/C)C[C@@H](C)[C@H](C)[C@@H](C)[C@@H]1O[C@H](C)OCC1C. The minimum Gasteiger partial charge on any atom is -0.353 e. The van der Waals surface area contributed by atoms with Gasteiger partial charge in [0.05, 0.1) is 12.7 Å². The van der Waals surface area contributed by atoms with E-state index in [9.17, 15) is 0 Å². The first-order valence-electron chi connectivity index (χ1n) is 11.0. The van der Waals surface area contributed by atoms with Crippen molar-refractivity contribution in [2.45, 2.75) is 94.5 Å². The second kappa shape index (κ2) is 10.9. The lowest BCUT2D eigenvalue weighted by molar-refractivity contribution is -0.240. The van der Waals surface area contributed by atoms with E-state index in [0.717, 1.165) is 18.4 Å². The van der Waals surface area contributed by atoms with Crippen molar-refractivity contribution in [3.8, 4) is 0 Å². The molecule has 0 aliphatic carbocycles. The van der Waals surface area contributed by atoms with E-state index in [0.29, 0.717) is 35.7 Å². The molecule has 1 rings (SSSR count). The van der Waals surface area contributed by atoms with Crippen LogP contribution in [0.25, 0.3) is 0 Å². The Bertz CT molecular complexity index is 430. The maximum absolute atomic E-state index is 6.13. The Morgan fingerprint density at radius 2 is 1.62 bits per heavy atom. The smallest absolute Gasteiger partial charge is 0.155 e. The third kappa shape index (κ3) is 6.68. The Balaban J connectivity index is 2.64. The van der Waals surface area contributed by atoms with Crippen molar-refractivity contribution in [2.24, 2.45) is 41.4 Å². The van der Waals surface area contributed by atoms with Gasteiger partial charge in [0.15, 0.2) is 6.29 Å².